The van der Waals surface area contributed by atoms with Crippen molar-refractivity contribution in [2.75, 3.05) is 11.4 Å². The SMILES string of the molecule is CCN(c1cccc(F)c1)c1ccc(F)cc1CCl. The van der Waals surface area contributed by atoms with Crippen LogP contribution in [0.4, 0.5) is 20.2 Å². The Balaban J connectivity index is 2.48. The van der Waals surface area contributed by atoms with Crippen molar-refractivity contribution in [3.05, 3.63) is 59.7 Å². The average Bonchev–Trinajstić information content (AvgIpc) is 2.41. The van der Waals surface area contributed by atoms with Gasteiger partial charge in [-0.1, -0.05) is 6.07 Å². The minimum Gasteiger partial charge on any atom is -0.341 e. The molecule has 4 heteroatoms. The van der Waals surface area contributed by atoms with Crippen molar-refractivity contribution in [2.24, 2.45) is 0 Å². The van der Waals surface area contributed by atoms with E-state index in [-0.39, 0.29) is 17.5 Å². The first kappa shape index (κ1) is 13.8. The Morgan fingerprint density at radius 3 is 2.42 bits per heavy atom. The van der Waals surface area contributed by atoms with Crippen LogP contribution < -0.4 is 4.90 Å². The molecular formula is C15H14ClF2N. The summed E-state index contributed by atoms with van der Waals surface area (Å²) in [5, 5.41) is 0. The zero-order valence-electron chi connectivity index (χ0n) is 10.5. The molecule has 0 aliphatic rings. The first-order valence-corrected chi connectivity index (χ1v) is 6.56. The third-order valence-electron chi connectivity index (χ3n) is 2.91. The van der Waals surface area contributed by atoms with Crippen molar-refractivity contribution < 1.29 is 8.78 Å². The van der Waals surface area contributed by atoms with Crippen LogP contribution in [0.3, 0.4) is 0 Å². The van der Waals surface area contributed by atoms with Gasteiger partial charge in [0.25, 0.3) is 0 Å². The molecule has 100 valence electrons. The molecule has 0 unspecified atom stereocenters. The van der Waals surface area contributed by atoms with E-state index in [4.69, 9.17) is 11.6 Å². The molecule has 0 aliphatic carbocycles. The Morgan fingerprint density at radius 1 is 1.05 bits per heavy atom. The summed E-state index contributed by atoms with van der Waals surface area (Å²) in [4.78, 5) is 1.90. The Morgan fingerprint density at radius 2 is 1.79 bits per heavy atom. The van der Waals surface area contributed by atoms with E-state index in [1.54, 1.807) is 12.1 Å². The first-order valence-electron chi connectivity index (χ1n) is 6.03. The molecule has 0 amide bonds. The lowest BCUT2D eigenvalue weighted by Crippen LogP contribution is -2.17. The highest BCUT2D eigenvalue weighted by Crippen LogP contribution is 2.30. The molecule has 1 nitrogen and oxygen atoms in total. The summed E-state index contributed by atoms with van der Waals surface area (Å²) < 4.78 is 26.5. The molecule has 0 aromatic heterocycles. The summed E-state index contributed by atoms with van der Waals surface area (Å²) in [6, 6.07) is 10.8. The zero-order chi connectivity index (χ0) is 13.8. The maximum absolute atomic E-state index is 13.3. The summed E-state index contributed by atoms with van der Waals surface area (Å²) in [5.41, 5.74) is 2.21. The van der Waals surface area contributed by atoms with Crippen LogP contribution in [0.2, 0.25) is 0 Å². The van der Waals surface area contributed by atoms with Crippen LogP contribution in [0.25, 0.3) is 0 Å². The zero-order valence-corrected chi connectivity index (χ0v) is 11.3. The molecule has 2 rings (SSSR count). The van der Waals surface area contributed by atoms with Crippen molar-refractivity contribution in [1.29, 1.82) is 0 Å². The molecule has 0 saturated heterocycles. The van der Waals surface area contributed by atoms with E-state index in [1.165, 1.54) is 24.3 Å². The van der Waals surface area contributed by atoms with Gasteiger partial charge in [0.15, 0.2) is 0 Å². The lowest BCUT2D eigenvalue weighted by molar-refractivity contribution is 0.625. The van der Waals surface area contributed by atoms with E-state index < -0.39 is 0 Å². The standard InChI is InChI=1S/C15H14ClF2N/c1-2-19(14-5-3-4-12(17)9-14)15-7-6-13(18)8-11(15)10-16/h3-9H,2,10H2,1H3. The van der Waals surface area contributed by atoms with Gasteiger partial charge in [0, 0.05) is 23.8 Å². The summed E-state index contributed by atoms with van der Waals surface area (Å²) in [6.45, 7) is 2.59. The van der Waals surface area contributed by atoms with Gasteiger partial charge in [-0.3, -0.25) is 0 Å². The monoisotopic (exact) mass is 281 g/mol. The highest BCUT2D eigenvalue weighted by atomic mass is 35.5. The first-order chi connectivity index (χ1) is 9.15. The second kappa shape index (κ2) is 6.02. The minimum absolute atomic E-state index is 0.207. The molecule has 0 heterocycles. The van der Waals surface area contributed by atoms with Crippen LogP contribution in [0.1, 0.15) is 12.5 Å². The van der Waals surface area contributed by atoms with Crippen molar-refractivity contribution in [1.82, 2.24) is 0 Å². The van der Waals surface area contributed by atoms with E-state index in [0.29, 0.717) is 12.1 Å². The average molecular weight is 282 g/mol. The number of hydrogen-bond donors (Lipinski definition) is 0. The fourth-order valence-corrected chi connectivity index (χ4v) is 2.27. The van der Waals surface area contributed by atoms with Gasteiger partial charge < -0.3 is 4.90 Å². The maximum Gasteiger partial charge on any atom is 0.125 e. The van der Waals surface area contributed by atoms with Crippen LogP contribution in [0.15, 0.2) is 42.5 Å². The highest BCUT2D eigenvalue weighted by molar-refractivity contribution is 6.17. The molecule has 0 atom stereocenters. The molecule has 2 aromatic rings. The van der Waals surface area contributed by atoms with Crippen molar-refractivity contribution in [2.45, 2.75) is 12.8 Å². The van der Waals surface area contributed by atoms with Gasteiger partial charge in [-0.2, -0.15) is 0 Å². The van der Waals surface area contributed by atoms with Crippen LogP contribution in [-0.2, 0) is 5.88 Å². The smallest absolute Gasteiger partial charge is 0.125 e. The van der Waals surface area contributed by atoms with Gasteiger partial charge in [0.2, 0.25) is 0 Å². The number of alkyl halides is 1. The maximum atomic E-state index is 13.3. The number of benzene rings is 2. The minimum atomic E-state index is -0.324. The van der Waals surface area contributed by atoms with E-state index in [2.05, 4.69) is 0 Å². The van der Waals surface area contributed by atoms with Crippen molar-refractivity contribution in [3.8, 4) is 0 Å². The van der Waals surface area contributed by atoms with Crippen LogP contribution in [-0.4, -0.2) is 6.54 Å². The Hall–Kier alpha value is -1.61. The summed E-state index contributed by atoms with van der Waals surface area (Å²) in [6.07, 6.45) is 0. The predicted octanol–water partition coefficient (Wildman–Crippen LogP) is 4.86. The second-order valence-corrected chi connectivity index (χ2v) is 4.40. The van der Waals surface area contributed by atoms with Gasteiger partial charge in [-0.05, 0) is 48.9 Å². The number of rotatable bonds is 4. The number of hydrogen-bond acceptors (Lipinski definition) is 1. The molecule has 19 heavy (non-hydrogen) atoms. The number of halogens is 3. The molecule has 0 saturated carbocycles. The van der Waals surface area contributed by atoms with Gasteiger partial charge >= 0.3 is 0 Å². The third kappa shape index (κ3) is 3.04. The number of nitrogens with zero attached hydrogens (tertiary/aromatic N) is 1. The van der Waals surface area contributed by atoms with Gasteiger partial charge in [0.1, 0.15) is 11.6 Å². The fourth-order valence-electron chi connectivity index (χ4n) is 2.06. The topological polar surface area (TPSA) is 3.24 Å². The molecule has 2 aromatic carbocycles. The van der Waals surface area contributed by atoms with E-state index >= 15 is 0 Å². The third-order valence-corrected chi connectivity index (χ3v) is 3.20. The molecule has 0 N–H and O–H groups in total. The molecule has 0 radical (unpaired) electrons. The highest BCUT2D eigenvalue weighted by Gasteiger charge is 2.12. The molecule has 0 bridgehead atoms. The quantitative estimate of drug-likeness (QED) is 0.723. The molecule has 0 spiro atoms. The lowest BCUT2D eigenvalue weighted by atomic mass is 10.1. The normalized spacial score (nSPS) is 10.5. The molecule has 0 fully saturated rings. The second-order valence-electron chi connectivity index (χ2n) is 4.13. The van der Waals surface area contributed by atoms with Gasteiger partial charge in [-0.25, -0.2) is 8.78 Å². The Labute approximate surface area is 116 Å². The number of anilines is 2. The van der Waals surface area contributed by atoms with Gasteiger partial charge in [0.05, 0.1) is 0 Å². The summed E-state index contributed by atoms with van der Waals surface area (Å²) in [7, 11) is 0. The lowest BCUT2D eigenvalue weighted by Gasteiger charge is -2.25. The molecule has 0 aliphatic heterocycles. The van der Waals surface area contributed by atoms with E-state index in [1.807, 2.05) is 17.9 Å². The summed E-state index contributed by atoms with van der Waals surface area (Å²) >= 11 is 5.86. The van der Waals surface area contributed by atoms with Crippen molar-refractivity contribution in [3.63, 3.8) is 0 Å². The van der Waals surface area contributed by atoms with E-state index in [9.17, 15) is 8.78 Å². The van der Waals surface area contributed by atoms with E-state index in [0.717, 1.165) is 11.4 Å². The van der Waals surface area contributed by atoms with Crippen LogP contribution in [0.5, 0.6) is 0 Å². The largest absolute Gasteiger partial charge is 0.341 e. The molecular weight excluding hydrogens is 268 g/mol. The van der Waals surface area contributed by atoms with Gasteiger partial charge in [-0.15, -0.1) is 11.6 Å². The Bertz CT molecular complexity index is 572. The predicted molar refractivity (Wildman–Crippen MR) is 75.0 cm³/mol. The van der Waals surface area contributed by atoms with Crippen LogP contribution in [0, 0.1) is 11.6 Å². The Kier molecular flexibility index (Phi) is 4.38. The fraction of sp³-hybridized carbons (Fsp3) is 0.200. The van der Waals surface area contributed by atoms with Crippen molar-refractivity contribution >= 4 is 23.0 Å². The van der Waals surface area contributed by atoms with Crippen LogP contribution >= 0.6 is 11.6 Å². The summed E-state index contributed by atoms with van der Waals surface area (Å²) in [5.74, 6) is -0.418.